The Hall–Kier alpha value is -5.58. The number of aliphatic hydroxyl groups excluding tert-OH is 2. The van der Waals surface area contributed by atoms with Gasteiger partial charge in [0.25, 0.3) is 0 Å². The molecule has 0 unspecified atom stereocenters. The van der Waals surface area contributed by atoms with E-state index < -0.39 is 145 Å². The summed E-state index contributed by atoms with van der Waals surface area (Å²) in [5.41, 5.74) is 29.3. The molecule has 10 amide bonds. The third-order valence-electron chi connectivity index (χ3n) is 12.3. The van der Waals surface area contributed by atoms with Gasteiger partial charge in [0.2, 0.25) is 59.1 Å². The summed E-state index contributed by atoms with van der Waals surface area (Å²) >= 11 is 0. The zero-order valence-electron chi connectivity index (χ0n) is 44.1. The maximum atomic E-state index is 14.2. The van der Waals surface area contributed by atoms with Crippen LogP contribution in [0.2, 0.25) is 0 Å². The lowest BCUT2D eigenvalue weighted by molar-refractivity contribution is -0.136. The van der Waals surface area contributed by atoms with Crippen molar-refractivity contribution in [1.82, 2.24) is 53.2 Å². The van der Waals surface area contributed by atoms with Crippen LogP contribution in [0.1, 0.15) is 119 Å². The molecule has 27 heteroatoms. The summed E-state index contributed by atoms with van der Waals surface area (Å²) in [6.45, 7) is 8.56. The van der Waals surface area contributed by atoms with Crippen LogP contribution >= 0.6 is 0 Å². The first-order valence-electron chi connectivity index (χ1n) is 25.9. The van der Waals surface area contributed by atoms with Crippen molar-refractivity contribution in [2.45, 2.75) is 185 Å². The van der Waals surface area contributed by atoms with Crippen molar-refractivity contribution in [2.75, 3.05) is 39.3 Å². The molecule has 27 nitrogen and oxygen atoms in total. The molecule has 0 aliphatic carbocycles. The van der Waals surface area contributed by atoms with Crippen molar-refractivity contribution in [3.8, 4) is 0 Å². The second-order valence-corrected chi connectivity index (χ2v) is 19.2. The van der Waals surface area contributed by atoms with Crippen molar-refractivity contribution < 1.29 is 58.2 Å². The van der Waals surface area contributed by atoms with Crippen LogP contribution in [0.25, 0.3) is 0 Å². The summed E-state index contributed by atoms with van der Waals surface area (Å²) in [6.07, 6.45) is 0.797. The van der Waals surface area contributed by atoms with Crippen molar-refractivity contribution in [1.29, 1.82) is 0 Å². The van der Waals surface area contributed by atoms with Gasteiger partial charge in [-0.3, -0.25) is 47.9 Å². The van der Waals surface area contributed by atoms with E-state index >= 15 is 0 Å². The molecule has 0 radical (unpaired) electrons. The summed E-state index contributed by atoms with van der Waals surface area (Å²) in [6, 6.07) is -13.0. The topological polar surface area (TPSA) is 462 Å². The predicted octanol–water partition coefficient (Wildman–Crippen LogP) is -5.97. The minimum Gasteiger partial charge on any atom is -0.391 e. The summed E-state index contributed by atoms with van der Waals surface area (Å²) in [4.78, 5) is 137. The van der Waals surface area contributed by atoms with E-state index in [1.165, 1.54) is 13.8 Å². The van der Waals surface area contributed by atoms with E-state index in [0.717, 1.165) is 25.7 Å². The molecule has 22 N–H and O–H groups in total. The Morgan fingerprint density at radius 2 is 1.11 bits per heavy atom. The average molecular weight is 1060 g/mol. The molecule has 0 aromatic heterocycles. The van der Waals surface area contributed by atoms with Gasteiger partial charge in [0.15, 0.2) is 0 Å². The van der Waals surface area contributed by atoms with Crippen molar-refractivity contribution in [3.05, 3.63) is 0 Å². The number of hydrogen-bond acceptors (Lipinski definition) is 17. The van der Waals surface area contributed by atoms with Crippen LogP contribution in [0.4, 0.5) is 0 Å². The number of rotatable bonds is 25. The highest BCUT2D eigenvalue weighted by atomic mass is 16.3. The van der Waals surface area contributed by atoms with Gasteiger partial charge in [-0.2, -0.15) is 0 Å². The second-order valence-electron chi connectivity index (χ2n) is 19.2. The van der Waals surface area contributed by atoms with E-state index in [0.29, 0.717) is 6.42 Å². The Labute approximate surface area is 434 Å². The normalized spacial score (nSPS) is 24.2. The van der Waals surface area contributed by atoms with E-state index in [-0.39, 0.29) is 76.5 Å². The van der Waals surface area contributed by atoms with Gasteiger partial charge in [-0.05, 0) is 96.8 Å². The molecule has 1 rings (SSSR count). The number of unbranched alkanes of at least 4 members (excludes halogenated alkanes) is 3. The van der Waals surface area contributed by atoms with E-state index in [9.17, 15) is 58.2 Å². The quantitative estimate of drug-likeness (QED) is 0.0379. The first kappa shape index (κ1) is 66.4. The lowest BCUT2D eigenvalue weighted by Crippen LogP contribution is -2.62. The van der Waals surface area contributed by atoms with E-state index in [1.54, 1.807) is 20.8 Å². The van der Waals surface area contributed by atoms with Crippen molar-refractivity contribution in [2.24, 2.45) is 40.5 Å². The zero-order valence-corrected chi connectivity index (χ0v) is 44.1. The Balaban J connectivity index is 3.72. The highest BCUT2D eigenvalue weighted by molar-refractivity contribution is 5.98. The summed E-state index contributed by atoms with van der Waals surface area (Å²) < 4.78 is 0. The standard InChI is InChI=1S/C47H89N15O12/c1-7-9-10-11-12-28(23-51)22-36(65)61-38(27(6)64)47(74)60-35(24-52)45(72)58-33-16-20-53-46(73)37(26(5)63)62-43(70)32(15-19-50)57-40(67)30(13-17-48)55-39(66)29(8-2)54-44(71)34(21-25(3)4)59-41(68)31(14-18-49)56-42(33)69/h25-35,37-38,63-64H,7-24,48-52H2,1-6H3,(H,53,73)(H,54,71)(H,55,66)(H,56,69)(H,57,67)(H,58,72)(H,59,68)(H,60,74)(H,61,65)(H,62,70)/t26-,27-,28-,29+,30+,31+,32+,33+,34-,35+,37+,38+/m1/s1. The number of carbonyl (C=O) groups excluding carboxylic acids is 10. The third-order valence-corrected chi connectivity index (χ3v) is 12.3. The fraction of sp³-hybridized carbons (Fsp3) is 0.787. The smallest absolute Gasteiger partial charge is 0.245 e. The van der Waals surface area contributed by atoms with Gasteiger partial charge in [-0.1, -0.05) is 53.4 Å². The SMILES string of the molecule is CCCCCC[C@@H](CN)CC(=O)N[C@H](C(=O)N[C@@H](CN)C(=O)N[C@H]1CCNC(=O)[C@H]([C@@H](C)O)NC(=O)[C@H](CCN)NC(=O)[C@H](CCN)NC(=O)[C@H](CC)NC(=O)[C@@H](CC(C)C)NC(=O)[C@H](CCN)NC1=O)[C@@H](C)O. The van der Waals surface area contributed by atoms with Crippen molar-refractivity contribution in [3.63, 3.8) is 0 Å². The first-order valence-corrected chi connectivity index (χ1v) is 25.9. The fourth-order valence-electron chi connectivity index (χ4n) is 7.93. The minimum atomic E-state index is -1.65. The van der Waals surface area contributed by atoms with E-state index in [1.807, 2.05) is 0 Å². The average Bonchev–Trinajstić information content (AvgIpc) is 3.34. The summed E-state index contributed by atoms with van der Waals surface area (Å²) in [5, 5.41) is 46.3. The number of hydrogen-bond donors (Lipinski definition) is 17. The number of nitrogens with two attached hydrogens (primary N) is 5. The third kappa shape index (κ3) is 23.7. The van der Waals surface area contributed by atoms with Gasteiger partial charge in [-0.25, -0.2) is 0 Å². The monoisotopic (exact) mass is 1060 g/mol. The molecular formula is C47H89N15O12. The molecule has 0 bridgehead atoms. The first-order chi connectivity index (χ1) is 35.0. The molecule has 0 spiro atoms. The number of carbonyl (C=O) groups is 10. The Morgan fingerprint density at radius 1 is 0.608 bits per heavy atom. The number of amides is 10. The van der Waals surface area contributed by atoms with Crippen LogP contribution in [0.5, 0.6) is 0 Å². The van der Waals surface area contributed by atoms with Crippen LogP contribution < -0.4 is 81.8 Å². The lowest BCUT2D eigenvalue weighted by Gasteiger charge is -2.28. The predicted molar refractivity (Wildman–Crippen MR) is 274 cm³/mol. The maximum Gasteiger partial charge on any atom is 0.245 e. The Kier molecular flexibility index (Phi) is 31.9. The molecule has 0 aromatic rings. The summed E-state index contributed by atoms with van der Waals surface area (Å²) in [5.74, 6) is -9.13. The van der Waals surface area contributed by atoms with E-state index in [2.05, 4.69) is 60.1 Å². The molecule has 424 valence electrons. The van der Waals surface area contributed by atoms with Gasteiger partial charge in [0, 0.05) is 19.5 Å². The van der Waals surface area contributed by atoms with Gasteiger partial charge in [0.1, 0.15) is 54.4 Å². The van der Waals surface area contributed by atoms with E-state index in [4.69, 9.17) is 28.7 Å². The second kappa shape index (κ2) is 35.6. The highest BCUT2D eigenvalue weighted by Gasteiger charge is 2.36. The minimum absolute atomic E-state index is 0.0204. The molecule has 1 aliphatic heterocycles. The molecule has 12 atom stereocenters. The van der Waals surface area contributed by atoms with Gasteiger partial charge >= 0.3 is 0 Å². The number of aliphatic hydroxyl groups is 2. The molecule has 1 fully saturated rings. The summed E-state index contributed by atoms with van der Waals surface area (Å²) in [7, 11) is 0. The van der Waals surface area contributed by atoms with Gasteiger partial charge in [0.05, 0.1) is 12.2 Å². The van der Waals surface area contributed by atoms with Crippen LogP contribution in [0, 0.1) is 11.8 Å². The highest BCUT2D eigenvalue weighted by Crippen LogP contribution is 2.14. The van der Waals surface area contributed by atoms with Gasteiger partial charge < -0.3 is 92.0 Å². The van der Waals surface area contributed by atoms with Crippen LogP contribution in [-0.2, 0) is 47.9 Å². The largest absolute Gasteiger partial charge is 0.391 e. The molecule has 1 heterocycles. The number of nitrogens with one attached hydrogen (secondary N) is 10. The maximum absolute atomic E-state index is 14.2. The van der Waals surface area contributed by atoms with Gasteiger partial charge in [-0.15, -0.1) is 0 Å². The van der Waals surface area contributed by atoms with Crippen LogP contribution in [-0.4, -0.2) is 175 Å². The van der Waals surface area contributed by atoms with Crippen LogP contribution in [0.15, 0.2) is 0 Å². The fourth-order valence-corrected chi connectivity index (χ4v) is 7.93. The molecule has 0 saturated carbocycles. The molecule has 1 aliphatic rings. The van der Waals surface area contributed by atoms with Crippen molar-refractivity contribution >= 4 is 59.1 Å². The van der Waals surface area contributed by atoms with Crippen LogP contribution in [0.3, 0.4) is 0 Å². The molecule has 1 saturated heterocycles. The molecule has 74 heavy (non-hydrogen) atoms. The Morgan fingerprint density at radius 3 is 1.58 bits per heavy atom. The zero-order chi connectivity index (χ0) is 56.1. The lowest BCUT2D eigenvalue weighted by atomic mass is 9.97. The molecule has 0 aromatic carbocycles. The Bertz CT molecular complexity index is 1830. The molecular weight excluding hydrogens is 967 g/mol.